The highest BCUT2D eigenvalue weighted by atomic mass is 16.5. The lowest BCUT2D eigenvalue weighted by Gasteiger charge is -2.09. The van der Waals surface area contributed by atoms with E-state index in [-0.39, 0.29) is 0 Å². The molecular formula is C15H23N5O. The number of unbranched alkanes of at least 4 members (excludes halogenated alkanes) is 1. The number of aryl methyl sites for hydroxylation is 1. The van der Waals surface area contributed by atoms with Gasteiger partial charge in [-0.2, -0.15) is 0 Å². The summed E-state index contributed by atoms with van der Waals surface area (Å²) in [5.74, 6) is 0.758. The molecule has 0 aliphatic carbocycles. The SMILES string of the molecule is CCCCOCCCn1nnnc1-c1cccc(N)c1C. The third kappa shape index (κ3) is 4.01. The zero-order valence-electron chi connectivity index (χ0n) is 12.7. The van der Waals surface area contributed by atoms with E-state index in [2.05, 4.69) is 22.4 Å². The Morgan fingerprint density at radius 1 is 1.24 bits per heavy atom. The number of nitrogens with zero attached hydrogens (tertiary/aromatic N) is 4. The molecule has 0 unspecified atom stereocenters. The Balaban J connectivity index is 1.97. The highest BCUT2D eigenvalue weighted by molar-refractivity contribution is 5.67. The molecule has 21 heavy (non-hydrogen) atoms. The second kappa shape index (κ2) is 7.73. The molecule has 1 aromatic carbocycles. The summed E-state index contributed by atoms with van der Waals surface area (Å²) in [6.07, 6.45) is 3.16. The van der Waals surface area contributed by atoms with Gasteiger partial charge in [0.1, 0.15) is 0 Å². The molecule has 2 rings (SSSR count). The van der Waals surface area contributed by atoms with Crippen molar-refractivity contribution < 1.29 is 4.74 Å². The molecule has 2 aromatic rings. The van der Waals surface area contributed by atoms with Crippen LogP contribution in [0.2, 0.25) is 0 Å². The van der Waals surface area contributed by atoms with Gasteiger partial charge in [-0.25, -0.2) is 4.68 Å². The van der Waals surface area contributed by atoms with Crippen LogP contribution in [0.15, 0.2) is 18.2 Å². The largest absolute Gasteiger partial charge is 0.398 e. The van der Waals surface area contributed by atoms with Gasteiger partial charge >= 0.3 is 0 Å². The van der Waals surface area contributed by atoms with Gasteiger partial charge < -0.3 is 10.5 Å². The summed E-state index contributed by atoms with van der Waals surface area (Å²) >= 11 is 0. The van der Waals surface area contributed by atoms with Crippen molar-refractivity contribution in [1.82, 2.24) is 20.2 Å². The van der Waals surface area contributed by atoms with Crippen molar-refractivity contribution >= 4 is 5.69 Å². The normalized spacial score (nSPS) is 11.0. The van der Waals surface area contributed by atoms with Crippen molar-refractivity contribution in [2.45, 2.75) is 39.7 Å². The van der Waals surface area contributed by atoms with Crippen molar-refractivity contribution in [3.8, 4) is 11.4 Å². The van der Waals surface area contributed by atoms with Crippen LogP contribution in [-0.4, -0.2) is 33.4 Å². The van der Waals surface area contributed by atoms with Gasteiger partial charge in [-0.1, -0.05) is 25.5 Å². The fourth-order valence-corrected chi connectivity index (χ4v) is 2.11. The molecule has 2 N–H and O–H groups in total. The highest BCUT2D eigenvalue weighted by Crippen LogP contribution is 2.24. The number of nitrogens with two attached hydrogens (primary N) is 1. The van der Waals surface area contributed by atoms with Crippen LogP contribution in [0.5, 0.6) is 0 Å². The molecule has 1 aromatic heterocycles. The third-order valence-electron chi connectivity index (χ3n) is 3.45. The Morgan fingerprint density at radius 3 is 2.86 bits per heavy atom. The first-order valence-electron chi connectivity index (χ1n) is 7.43. The molecule has 0 saturated heterocycles. The number of aromatic nitrogens is 4. The van der Waals surface area contributed by atoms with E-state index in [4.69, 9.17) is 10.5 Å². The molecule has 0 aliphatic rings. The van der Waals surface area contributed by atoms with Crippen LogP contribution in [0.3, 0.4) is 0 Å². The number of nitrogen functional groups attached to an aromatic ring is 1. The fourth-order valence-electron chi connectivity index (χ4n) is 2.11. The molecule has 114 valence electrons. The predicted octanol–water partition coefficient (Wildman–Crippen LogP) is 2.44. The maximum absolute atomic E-state index is 5.95. The molecule has 6 heteroatoms. The fraction of sp³-hybridized carbons (Fsp3) is 0.533. The first-order chi connectivity index (χ1) is 10.2. The molecule has 0 aliphatic heterocycles. The minimum atomic E-state index is 0.731. The van der Waals surface area contributed by atoms with Gasteiger partial charge in [-0.15, -0.1) is 5.10 Å². The topological polar surface area (TPSA) is 78.8 Å². The molecule has 0 radical (unpaired) electrons. The van der Waals surface area contributed by atoms with E-state index in [9.17, 15) is 0 Å². The Bertz CT molecular complexity index is 567. The van der Waals surface area contributed by atoms with Crippen LogP contribution >= 0.6 is 0 Å². The molecule has 0 saturated carbocycles. The summed E-state index contributed by atoms with van der Waals surface area (Å²) < 4.78 is 7.37. The average molecular weight is 289 g/mol. The quantitative estimate of drug-likeness (QED) is 0.596. The Labute approximate surface area is 125 Å². The van der Waals surface area contributed by atoms with E-state index in [1.54, 1.807) is 0 Å². The van der Waals surface area contributed by atoms with Gasteiger partial charge in [0.05, 0.1) is 0 Å². The lowest BCUT2D eigenvalue weighted by Crippen LogP contribution is -2.07. The minimum Gasteiger partial charge on any atom is -0.398 e. The second-order valence-corrected chi connectivity index (χ2v) is 5.06. The van der Waals surface area contributed by atoms with E-state index < -0.39 is 0 Å². The highest BCUT2D eigenvalue weighted by Gasteiger charge is 2.12. The molecule has 6 nitrogen and oxygen atoms in total. The number of tetrazole rings is 1. The molecule has 0 atom stereocenters. The van der Waals surface area contributed by atoms with Crippen molar-refractivity contribution in [3.63, 3.8) is 0 Å². The first-order valence-corrected chi connectivity index (χ1v) is 7.43. The molecular weight excluding hydrogens is 266 g/mol. The number of anilines is 1. The summed E-state index contributed by atoms with van der Waals surface area (Å²) in [7, 11) is 0. The van der Waals surface area contributed by atoms with Gasteiger partial charge in [0.2, 0.25) is 0 Å². The smallest absolute Gasteiger partial charge is 0.182 e. The van der Waals surface area contributed by atoms with E-state index in [0.717, 1.165) is 61.7 Å². The Kier molecular flexibility index (Phi) is 5.68. The second-order valence-electron chi connectivity index (χ2n) is 5.06. The van der Waals surface area contributed by atoms with Crippen molar-refractivity contribution in [3.05, 3.63) is 23.8 Å². The Hall–Kier alpha value is -1.95. The summed E-state index contributed by atoms with van der Waals surface area (Å²) in [6.45, 7) is 6.44. The predicted molar refractivity (Wildman–Crippen MR) is 82.7 cm³/mol. The zero-order chi connectivity index (χ0) is 15.1. The monoisotopic (exact) mass is 289 g/mol. The van der Waals surface area contributed by atoms with Crippen molar-refractivity contribution in [1.29, 1.82) is 0 Å². The maximum Gasteiger partial charge on any atom is 0.182 e. The van der Waals surface area contributed by atoms with Crippen molar-refractivity contribution in [2.75, 3.05) is 18.9 Å². The Morgan fingerprint density at radius 2 is 2.05 bits per heavy atom. The van der Waals surface area contributed by atoms with E-state index in [1.165, 1.54) is 0 Å². The lowest BCUT2D eigenvalue weighted by atomic mass is 10.1. The van der Waals surface area contributed by atoms with Gasteiger partial charge in [0.25, 0.3) is 0 Å². The van der Waals surface area contributed by atoms with Gasteiger partial charge in [0.15, 0.2) is 5.82 Å². The third-order valence-corrected chi connectivity index (χ3v) is 3.45. The average Bonchev–Trinajstić information content (AvgIpc) is 2.94. The van der Waals surface area contributed by atoms with E-state index in [1.807, 2.05) is 29.8 Å². The number of benzene rings is 1. The lowest BCUT2D eigenvalue weighted by molar-refractivity contribution is 0.125. The molecule has 0 fully saturated rings. The minimum absolute atomic E-state index is 0.731. The number of hydrogen-bond donors (Lipinski definition) is 1. The summed E-state index contributed by atoms with van der Waals surface area (Å²) in [5.41, 5.74) is 8.69. The van der Waals surface area contributed by atoms with Gasteiger partial charge in [0, 0.05) is 31.0 Å². The van der Waals surface area contributed by atoms with Crippen LogP contribution < -0.4 is 5.73 Å². The number of hydrogen-bond acceptors (Lipinski definition) is 5. The van der Waals surface area contributed by atoms with Gasteiger partial charge in [-0.3, -0.25) is 0 Å². The van der Waals surface area contributed by atoms with Gasteiger partial charge in [-0.05, 0) is 41.8 Å². The standard InChI is InChI=1S/C15H23N5O/c1-3-4-10-21-11-6-9-20-15(17-18-19-20)13-7-5-8-14(16)12(13)2/h5,7-8H,3-4,6,9-11,16H2,1-2H3. The molecule has 0 amide bonds. The van der Waals surface area contributed by atoms with Crippen molar-refractivity contribution in [2.24, 2.45) is 0 Å². The van der Waals surface area contributed by atoms with Crippen LogP contribution in [-0.2, 0) is 11.3 Å². The maximum atomic E-state index is 5.95. The van der Waals surface area contributed by atoms with E-state index in [0.29, 0.717) is 0 Å². The number of ether oxygens (including phenoxy) is 1. The molecule has 0 bridgehead atoms. The van der Waals surface area contributed by atoms with Crippen LogP contribution in [0, 0.1) is 6.92 Å². The number of rotatable bonds is 8. The van der Waals surface area contributed by atoms with Crippen LogP contribution in [0.4, 0.5) is 5.69 Å². The summed E-state index contributed by atoms with van der Waals surface area (Å²) in [4.78, 5) is 0. The first kappa shape index (κ1) is 15.4. The summed E-state index contributed by atoms with van der Waals surface area (Å²) in [6, 6.07) is 5.80. The van der Waals surface area contributed by atoms with E-state index >= 15 is 0 Å². The molecule has 0 spiro atoms. The van der Waals surface area contributed by atoms with Crippen LogP contribution in [0.25, 0.3) is 11.4 Å². The van der Waals surface area contributed by atoms with Crippen LogP contribution in [0.1, 0.15) is 31.7 Å². The molecule has 1 heterocycles. The summed E-state index contributed by atoms with van der Waals surface area (Å²) in [5, 5.41) is 12.0. The zero-order valence-corrected chi connectivity index (χ0v) is 12.7.